The van der Waals surface area contributed by atoms with Crippen LogP contribution in [0.3, 0.4) is 0 Å². The molecule has 0 atom stereocenters. The van der Waals surface area contributed by atoms with E-state index in [0.29, 0.717) is 24.0 Å². The van der Waals surface area contributed by atoms with Gasteiger partial charge in [0.15, 0.2) is 0 Å². The first-order valence-corrected chi connectivity index (χ1v) is 8.18. The van der Waals surface area contributed by atoms with E-state index in [4.69, 9.17) is 4.52 Å². The Balaban J connectivity index is 1.62. The molecule has 0 aliphatic carbocycles. The maximum absolute atomic E-state index is 10.0. The van der Waals surface area contributed by atoms with Crippen molar-refractivity contribution in [2.45, 2.75) is 26.4 Å². The lowest BCUT2D eigenvalue weighted by Gasteiger charge is -2.26. The van der Waals surface area contributed by atoms with Gasteiger partial charge in [0.2, 0.25) is 5.82 Å². The van der Waals surface area contributed by atoms with Gasteiger partial charge in [-0.05, 0) is 39.0 Å². The van der Waals surface area contributed by atoms with Gasteiger partial charge in [0.25, 0.3) is 5.89 Å². The molecule has 4 rings (SSSR count). The molecule has 1 aliphatic rings. The lowest BCUT2D eigenvalue weighted by Crippen LogP contribution is -2.45. The van der Waals surface area contributed by atoms with Crippen molar-refractivity contribution in [3.63, 3.8) is 0 Å². The van der Waals surface area contributed by atoms with Gasteiger partial charge in [0, 0.05) is 18.0 Å². The van der Waals surface area contributed by atoms with E-state index in [0.717, 1.165) is 22.6 Å². The van der Waals surface area contributed by atoms with Gasteiger partial charge in [-0.15, -0.1) is 5.53 Å². The number of hydrazine groups is 2. The molecule has 1 aromatic carbocycles. The van der Waals surface area contributed by atoms with Crippen LogP contribution in [0.1, 0.15) is 19.5 Å². The average molecular weight is 353 g/mol. The third-order valence-electron chi connectivity index (χ3n) is 3.93. The highest BCUT2D eigenvalue weighted by Gasteiger charge is 2.25. The molecule has 0 unspecified atom stereocenters. The van der Waals surface area contributed by atoms with E-state index < -0.39 is 5.60 Å². The highest BCUT2D eigenvalue weighted by Crippen LogP contribution is 2.34. The number of aromatic nitrogens is 4. The van der Waals surface area contributed by atoms with Crippen LogP contribution in [0.5, 0.6) is 0 Å². The first-order valence-electron chi connectivity index (χ1n) is 8.18. The van der Waals surface area contributed by atoms with Crippen molar-refractivity contribution in [3.05, 3.63) is 36.3 Å². The van der Waals surface area contributed by atoms with Crippen molar-refractivity contribution in [2.24, 2.45) is 0 Å². The van der Waals surface area contributed by atoms with E-state index in [9.17, 15) is 5.11 Å². The summed E-state index contributed by atoms with van der Waals surface area (Å²) in [6.45, 7) is 5.80. The van der Waals surface area contributed by atoms with Crippen LogP contribution in [0.15, 0.2) is 35.1 Å². The fraction of sp³-hybridized carbons (Fsp3) is 0.294. The zero-order valence-corrected chi connectivity index (χ0v) is 14.7. The van der Waals surface area contributed by atoms with Crippen molar-refractivity contribution < 1.29 is 9.63 Å². The number of aryl methyl sites for hydroxylation is 1. The van der Waals surface area contributed by atoms with E-state index >= 15 is 0 Å². The Morgan fingerprint density at radius 1 is 1.23 bits per heavy atom. The van der Waals surface area contributed by atoms with Gasteiger partial charge in [-0.1, -0.05) is 5.16 Å². The lowest BCUT2D eigenvalue weighted by molar-refractivity contribution is 0.0858. The summed E-state index contributed by atoms with van der Waals surface area (Å²) in [5, 5.41) is 15.9. The first kappa shape index (κ1) is 16.4. The summed E-state index contributed by atoms with van der Waals surface area (Å²) >= 11 is 0. The molecule has 0 radical (unpaired) electrons. The Morgan fingerprint density at radius 2 is 2.04 bits per heavy atom. The van der Waals surface area contributed by atoms with E-state index in [1.54, 1.807) is 26.2 Å². The maximum Gasteiger partial charge on any atom is 0.278 e. The molecule has 3 N–H and O–H groups in total. The van der Waals surface area contributed by atoms with Crippen LogP contribution in [-0.2, 0) is 0 Å². The number of nitrogens with zero attached hydrogens (tertiary/aromatic N) is 5. The number of nitrogens with one attached hydrogen (secondary N) is 2. The Hall–Kier alpha value is -3.04. The van der Waals surface area contributed by atoms with Gasteiger partial charge in [-0.25, -0.2) is 4.98 Å². The van der Waals surface area contributed by atoms with Gasteiger partial charge in [0.05, 0.1) is 29.2 Å². The molecule has 0 bridgehead atoms. The zero-order chi connectivity index (χ0) is 18.3. The number of hydrogen-bond acceptors (Lipinski definition) is 9. The topological polar surface area (TPSA) is 112 Å². The number of fused-ring (bicyclic) bond motifs is 1. The van der Waals surface area contributed by atoms with Crippen LogP contribution in [-0.4, -0.2) is 37.4 Å². The quantitative estimate of drug-likeness (QED) is 0.647. The molecule has 3 aromatic rings. The van der Waals surface area contributed by atoms with E-state index in [2.05, 4.69) is 31.1 Å². The molecule has 9 heteroatoms. The number of β-amino-alcohol motifs (C(OH)–C–C–N with tert-alkyl or cyclic N) is 1. The van der Waals surface area contributed by atoms with Crippen molar-refractivity contribution in [2.75, 3.05) is 17.0 Å². The smallest absolute Gasteiger partial charge is 0.278 e. The molecule has 0 fully saturated rings. The van der Waals surface area contributed by atoms with Gasteiger partial charge in [0.1, 0.15) is 5.69 Å². The van der Waals surface area contributed by atoms with Gasteiger partial charge < -0.3 is 15.1 Å². The summed E-state index contributed by atoms with van der Waals surface area (Å²) in [5.74, 6) is 0.802. The van der Waals surface area contributed by atoms with Crippen molar-refractivity contribution in [3.8, 4) is 23.0 Å². The predicted octanol–water partition coefficient (Wildman–Crippen LogP) is 1.92. The number of hydrogen-bond donors (Lipinski definition) is 3. The van der Waals surface area contributed by atoms with E-state index in [-0.39, 0.29) is 0 Å². The maximum atomic E-state index is 10.0. The monoisotopic (exact) mass is 353 g/mol. The minimum absolute atomic E-state index is 0.334. The van der Waals surface area contributed by atoms with Crippen LogP contribution in [0.4, 0.5) is 11.4 Å². The largest absolute Gasteiger partial charge is 0.389 e. The molecule has 26 heavy (non-hydrogen) atoms. The Bertz CT molecular complexity index is 948. The molecule has 0 saturated heterocycles. The van der Waals surface area contributed by atoms with Crippen molar-refractivity contribution >= 4 is 11.4 Å². The second-order valence-electron chi connectivity index (χ2n) is 6.78. The van der Waals surface area contributed by atoms with Crippen LogP contribution in [0, 0.1) is 6.92 Å². The van der Waals surface area contributed by atoms with Crippen molar-refractivity contribution in [1.29, 1.82) is 0 Å². The molecule has 2 aromatic heterocycles. The van der Waals surface area contributed by atoms with E-state index in [1.807, 2.05) is 30.1 Å². The third-order valence-corrected chi connectivity index (χ3v) is 3.93. The summed E-state index contributed by atoms with van der Waals surface area (Å²) < 4.78 is 5.35. The molecule has 1 aliphatic heterocycles. The minimum Gasteiger partial charge on any atom is -0.389 e. The molecule has 3 heterocycles. The molecule has 9 nitrogen and oxygen atoms in total. The molecule has 0 spiro atoms. The SMILES string of the molecule is Cc1nccnc1-c1nc(-c2ccc3c(c2)NNN3CC(C)(C)O)no1. The van der Waals surface area contributed by atoms with Gasteiger partial charge >= 0.3 is 0 Å². The Labute approximate surface area is 150 Å². The van der Waals surface area contributed by atoms with Crippen molar-refractivity contribution in [1.82, 2.24) is 25.6 Å². The fourth-order valence-electron chi connectivity index (χ4n) is 2.76. The number of aliphatic hydroxyl groups is 1. The summed E-state index contributed by atoms with van der Waals surface area (Å²) in [4.78, 5) is 12.9. The zero-order valence-electron chi connectivity index (χ0n) is 14.7. The highest BCUT2D eigenvalue weighted by atomic mass is 16.5. The highest BCUT2D eigenvalue weighted by molar-refractivity contribution is 5.78. The third kappa shape index (κ3) is 3.09. The number of benzene rings is 1. The van der Waals surface area contributed by atoms with E-state index in [1.165, 1.54) is 0 Å². The Kier molecular flexibility index (Phi) is 3.82. The summed E-state index contributed by atoms with van der Waals surface area (Å²) in [7, 11) is 0. The summed E-state index contributed by atoms with van der Waals surface area (Å²) in [6.07, 6.45) is 3.21. The molecular weight excluding hydrogens is 334 g/mol. The fourth-order valence-corrected chi connectivity index (χ4v) is 2.76. The summed E-state index contributed by atoms with van der Waals surface area (Å²) in [6, 6.07) is 5.76. The molecule has 0 saturated carbocycles. The molecule has 134 valence electrons. The second kappa shape index (κ2) is 6.04. The lowest BCUT2D eigenvalue weighted by atomic mass is 10.1. The number of rotatable bonds is 4. The van der Waals surface area contributed by atoms with Gasteiger partial charge in [-0.3, -0.25) is 9.99 Å². The minimum atomic E-state index is -0.827. The Morgan fingerprint density at radius 3 is 2.81 bits per heavy atom. The predicted molar refractivity (Wildman–Crippen MR) is 95.9 cm³/mol. The first-order chi connectivity index (χ1) is 12.4. The van der Waals surface area contributed by atoms with Crippen LogP contribution >= 0.6 is 0 Å². The average Bonchev–Trinajstić information content (AvgIpc) is 3.21. The number of anilines is 2. The molecule has 0 amide bonds. The normalized spacial score (nSPS) is 13.6. The standard InChI is InChI=1S/C17H19N7O2/c1-10-14(19-7-6-18-10)16-20-15(22-26-16)11-4-5-13-12(8-11)21-23-24(13)9-17(2,3)25/h4-8,21,23,25H,9H2,1-3H3. The summed E-state index contributed by atoms with van der Waals surface area (Å²) in [5.41, 5.74) is 9.20. The van der Waals surface area contributed by atoms with Crippen LogP contribution in [0.2, 0.25) is 0 Å². The second-order valence-corrected chi connectivity index (χ2v) is 6.78. The van der Waals surface area contributed by atoms with Crippen LogP contribution in [0.25, 0.3) is 23.0 Å². The van der Waals surface area contributed by atoms with Crippen LogP contribution < -0.4 is 16.0 Å². The van der Waals surface area contributed by atoms with Gasteiger partial charge in [-0.2, -0.15) is 4.98 Å². The molecular formula is C17H19N7O2.